The summed E-state index contributed by atoms with van der Waals surface area (Å²) in [5.41, 5.74) is 5.55. The van der Waals surface area contributed by atoms with Crippen LogP contribution in [0.3, 0.4) is 0 Å². The average Bonchev–Trinajstić information content (AvgIpc) is 1.98. The van der Waals surface area contributed by atoms with Gasteiger partial charge in [-0.25, -0.2) is 13.1 Å². The van der Waals surface area contributed by atoms with Crippen LogP contribution in [-0.2, 0) is 10.0 Å². The molecule has 0 aromatic rings. The van der Waals surface area contributed by atoms with E-state index in [9.17, 15) is 8.42 Å². The normalized spacial score (nSPS) is 28.5. The van der Waals surface area contributed by atoms with Gasteiger partial charge in [0.25, 0.3) is 0 Å². The maximum Gasteiger partial charge on any atom is 0.211 e. The van der Waals surface area contributed by atoms with E-state index in [0.717, 1.165) is 25.7 Å². The summed E-state index contributed by atoms with van der Waals surface area (Å²) in [6, 6.07) is 0.288. The quantitative estimate of drug-likeness (QED) is 0.674. The Morgan fingerprint density at radius 1 is 1.46 bits per heavy atom. The predicted octanol–water partition coefficient (Wildman–Crippen LogP) is 0.196. The third-order valence-corrected chi connectivity index (χ3v) is 3.81. The Bertz CT molecular complexity index is 245. The van der Waals surface area contributed by atoms with Crippen LogP contribution in [0, 0.1) is 0 Å². The summed E-state index contributed by atoms with van der Waals surface area (Å²) >= 11 is 0. The summed E-state index contributed by atoms with van der Waals surface area (Å²) in [6.45, 7) is 1.98. The Morgan fingerprint density at radius 2 is 2.08 bits per heavy atom. The molecule has 1 rings (SSSR count). The fourth-order valence-corrected chi connectivity index (χ4v) is 2.89. The van der Waals surface area contributed by atoms with Gasteiger partial charge in [0.05, 0.1) is 5.75 Å². The van der Waals surface area contributed by atoms with Crippen molar-refractivity contribution in [2.45, 2.75) is 44.7 Å². The number of hydrogen-bond acceptors (Lipinski definition) is 3. The Balaban J connectivity index is 2.26. The first-order chi connectivity index (χ1) is 6.03. The van der Waals surface area contributed by atoms with Gasteiger partial charge in [-0.15, -0.1) is 0 Å². The molecule has 0 saturated heterocycles. The fraction of sp³-hybridized carbons (Fsp3) is 1.00. The van der Waals surface area contributed by atoms with Gasteiger partial charge in [-0.1, -0.05) is 13.3 Å². The molecule has 0 amide bonds. The Labute approximate surface area is 79.9 Å². The molecule has 1 aliphatic carbocycles. The maximum atomic E-state index is 11.3. The number of hydrogen-bond donors (Lipinski definition) is 2. The third kappa shape index (κ3) is 3.62. The lowest BCUT2D eigenvalue weighted by molar-refractivity contribution is 0.327. The van der Waals surface area contributed by atoms with Crippen molar-refractivity contribution in [1.82, 2.24) is 4.72 Å². The highest BCUT2D eigenvalue weighted by atomic mass is 32.2. The van der Waals surface area contributed by atoms with Crippen molar-refractivity contribution in [1.29, 1.82) is 0 Å². The third-order valence-electron chi connectivity index (χ3n) is 2.29. The molecule has 5 heteroatoms. The van der Waals surface area contributed by atoms with Gasteiger partial charge in [-0.2, -0.15) is 0 Å². The van der Waals surface area contributed by atoms with Crippen LogP contribution in [0.2, 0.25) is 0 Å². The van der Waals surface area contributed by atoms with Crippen LogP contribution in [0.25, 0.3) is 0 Å². The SMILES string of the molecule is CCCCS(=O)(=O)NC1CC(N)C1. The minimum absolute atomic E-state index is 0.0943. The van der Waals surface area contributed by atoms with Gasteiger partial charge in [0.1, 0.15) is 0 Å². The van der Waals surface area contributed by atoms with E-state index < -0.39 is 10.0 Å². The molecule has 0 aliphatic heterocycles. The number of nitrogens with one attached hydrogen (secondary N) is 1. The molecule has 0 aromatic heterocycles. The van der Waals surface area contributed by atoms with Gasteiger partial charge in [-0.3, -0.25) is 0 Å². The summed E-state index contributed by atoms with van der Waals surface area (Å²) < 4.78 is 25.3. The molecule has 1 aliphatic rings. The largest absolute Gasteiger partial charge is 0.328 e. The van der Waals surface area contributed by atoms with Crippen LogP contribution in [0.15, 0.2) is 0 Å². The van der Waals surface area contributed by atoms with E-state index in [2.05, 4.69) is 4.72 Å². The number of sulfonamides is 1. The summed E-state index contributed by atoms with van der Waals surface area (Å²) in [5, 5.41) is 0. The molecule has 0 heterocycles. The highest BCUT2D eigenvalue weighted by Crippen LogP contribution is 2.18. The van der Waals surface area contributed by atoms with Crippen molar-refractivity contribution in [3.63, 3.8) is 0 Å². The van der Waals surface area contributed by atoms with E-state index in [1.54, 1.807) is 0 Å². The molecule has 0 bridgehead atoms. The fourth-order valence-electron chi connectivity index (χ4n) is 1.41. The van der Waals surface area contributed by atoms with Gasteiger partial charge in [0.15, 0.2) is 0 Å². The number of unbranched alkanes of at least 4 members (excludes halogenated alkanes) is 1. The van der Waals surface area contributed by atoms with Gasteiger partial charge in [0.2, 0.25) is 10.0 Å². The van der Waals surface area contributed by atoms with Crippen LogP contribution in [0.1, 0.15) is 32.6 Å². The second kappa shape index (κ2) is 4.39. The monoisotopic (exact) mass is 206 g/mol. The Morgan fingerprint density at radius 3 is 2.54 bits per heavy atom. The summed E-state index contributed by atoms with van der Waals surface area (Å²) in [6.07, 6.45) is 3.20. The van der Waals surface area contributed by atoms with Crippen LogP contribution >= 0.6 is 0 Å². The molecular formula is C8H18N2O2S. The molecule has 0 radical (unpaired) electrons. The topological polar surface area (TPSA) is 72.2 Å². The summed E-state index contributed by atoms with van der Waals surface area (Å²) in [5.74, 6) is 0.245. The molecule has 0 aromatic carbocycles. The minimum atomic E-state index is -3.03. The number of nitrogens with two attached hydrogens (primary N) is 1. The summed E-state index contributed by atoms with van der Waals surface area (Å²) in [4.78, 5) is 0. The van der Waals surface area contributed by atoms with E-state index in [-0.39, 0.29) is 17.8 Å². The zero-order valence-corrected chi connectivity index (χ0v) is 8.81. The van der Waals surface area contributed by atoms with Gasteiger partial charge in [-0.05, 0) is 19.3 Å². The van der Waals surface area contributed by atoms with E-state index in [1.807, 2.05) is 6.92 Å². The molecule has 78 valence electrons. The van der Waals surface area contributed by atoms with E-state index in [4.69, 9.17) is 5.73 Å². The van der Waals surface area contributed by atoms with Crippen LogP contribution < -0.4 is 10.5 Å². The molecule has 4 nitrogen and oxygen atoms in total. The maximum absolute atomic E-state index is 11.3. The molecule has 0 unspecified atom stereocenters. The number of rotatable bonds is 5. The van der Waals surface area contributed by atoms with E-state index in [1.165, 1.54) is 0 Å². The highest BCUT2D eigenvalue weighted by molar-refractivity contribution is 7.89. The first kappa shape index (κ1) is 10.9. The molecular weight excluding hydrogens is 188 g/mol. The smallest absolute Gasteiger partial charge is 0.211 e. The molecule has 1 saturated carbocycles. The van der Waals surface area contributed by atoms with Gasteiger partial charge in [0, 0.05) is 12.1 Å². The molecule has 0 spiro atoms. The van der Waals surface area contributed by atoms with Crippen molar-refractivity contribution in [3.8, 4) is 0 Å². The minimum Gasteiger partial charge on any atom is -0.328 e. The second-order valence-corrected chi connectivity index (χ2v) is 5.59. The van der Waals surface area contributed by atoms with Crippen molar-refractivity contribution in [2.75, 3.05) is 5.75 Å². The first-order valence-electron chi connectivity index (χ1n) is 4.79. The van der Waals surface area contributed by atoms with Crippen LogP contribution in [0.4, 0.5) is 0 Å². The summed E-state index contributed by atoms with van der Waals surface area (Å²) in [7, 11) is -3.03. The second-order valence-electron chi connectivity index (χ2n) is 3.72. The van der Waals surface area contributed by atoms with Crippen molar-refractivity contribution in [3.05, 3.63) is 0 Å². The zero-order valence-electron chi connectivity index (χ0n) is 7.99. The zero-order chi connectivity index (χ0) is 9.90. The van der Waals surface area contributed by atoms with Crippen molar-refractivity contribution < 1.29 is 8.42 Å². The van der Waals surface area contributed by atoms with Crippen LogP contribution in [-0.4, -0.2) is 26.3 Å². The van der Waals surface area contributed by atoms with E-state index in [0.29, 0.717) is 0 Å². The van der Waals surface area contributed by atoms with Crippen molar-refractivity contribution >= 4 is 10.0 Å². The molecule has 13 heavy (non-hydrogen) atoms. The Kier molecular flexibility index (Phi) is 3.70. The molecule has 3 N–H and O–H groups in total. The standard InChI is InChI=1S/C8H18N2O2S/c1-2-3-4-13(11,12)10-8-5-7(9)6-8/h7-8,10H,2-6,9H2,1H3. The van der Waals surface area contributed by atoms with Gasteiger partial charge >= 0.3 is 0 Å². The predicted molar refractivity (Wildman–Crippen MR) is 52.8 cm³/mol. The lowest BCUT2D eigenvalue weighted by Crippen LogP contribution is -2.50. The lowest BCUT2D eigenvalue weighted by atomic mass is 9.89. The lowest BCUT2D eigenvalue weighted by Gasteiger charge is -2.32. The highest BCUT2D eigenvalue weighted by Gasteiger charge is 2.29. The van der Waals surface area contributed by atoms with E-state index >= 15 is 0 Å². The first-order valence-corrected chi connectivity index (χ1v) is 6.44. The average molecular weight is 206 g/mol. The van der Waals surface area contributed by atoms with Crippen molar-refractivity contribution in [2.24, 2.45) is 5.73 Å². The molecule has 1 fully saturated rings. The molecule has 0 atom stereocenters. The Hall–Kier alpha value is -0.130. The van der Waals surface area contributed by atoms with Gasteiger partial charge < -0.3 is 5.73 Å². The van der Waals surface area contributed by atoms with Crippen LogP contribution in [0.5, 0.6) is 0 Å².